The first-order chi connectivity index (χ1) is 9.64. The average Bonchev–Trinajstić information content (AvgIpc) is 2.57. The van der Waals surface area contributed by atoms with Crippen LogP contribution in [-0.4, -0.2) is 37.1 Å². The van der Waals surface area contributed by atoms with Gasteiger partial charge in [0.15, 0.2) is 0 Å². The number of nitrogens with zero attached hydrogens (tertiary/aromatic N) is 1. The summed E-state index contributed by atoms with van der Waals surface area (Å²) in [6, 6.07) is 0.629. The molecule has 0 aromatic heterocycles. The second-order valence-electron chi connectivity index (χ2n) is 9.10. The molecule has 1 fully saturated rings. The molecule has 0 bridgehead atoms. The number of likely N-dealkylation sites (tertiary alicyclic amines) is 1. The lowest BCUT2D eigenvalue weighted by atomic mass is 9.77. The highest BCUT2D eigenvalue weighted by Gasteiger charge is 2.28. The summed E-state index contributed by atoms with van der Waals surface area (Å²) in [5.41, 5.74) is 0.837. The Morgan fingerprint density at radius 1 is 1.05 bits per heavy atom. The minimum atomic E-state index is 0.357. The van der Waals surface area contributed by atoms with Crippen LogP contribution in [0.2, 0.25) is 0 Å². The van der Waals surface area contributed by atoms with E-state index >= 15 is 0 Å². The van der Waals surface area contributed by atoms with Gasteiger partial charge in [-0.2, -0.15) is 0 Å². The van der Waals surface area contributed by atoms with Crippen molar-refractivity contribution in [3.63, 3.8) is 0 Å². The molecule has 0 aromatic rings. The number of hydrogen-bond donors (Lipinski definition) is 1. The Labute approximate surface area is 134 Å². The topological polar surface area (TPSA) is 15.3 Å². The Morgan fingerprint density at radius 3 is 2.24 bits per heavy atom. The molecule has 1 saturated heterocycles. The molecule has 1 aliphatic rings. The molecular formula is C19H40N2. The van der Waals surface area contributed by atoms with Gasteiger partial charge >= 0.3 is 0 Å². The lowest BCUT2D eigenvalue weighted by Crippen LogP contribution is -2.43. The van der Waals surface area contributed by atoms with Gasteiger partial charge in [0, 0.05) is 6.04 Å². The van der Waals surface area contributed by atoms with Gasteiger partial charge in [0.2, 0.25) is 0 Å². The van der Waals surface area contributed by atoms with E-state index in [4.69, 9.17) is 0 Å². The fraction of sp³-hybridized carbons (Fsp3) is 1.00. The minimum Gasteiger partial charge on any atom is -0.314 e. The van der Waals surface area contributed by atoms with E-state index in [1.807, 2.05) is 0 Å². The monoisotopic (exact) mass is 296 g/mol. The third-order valence-corrected chi connectivity index (χ3v) is 5.28. The molecule has 126 valence electrons. The molecule has 0 saturated carbocycles. The number of rotatable bonds is 5. The fourth-order valence-electron chi connectivity index (χ4n) is 3.64. The van der Waals surface area contributed by atoms with Gasteiger partial charge in [-0.3, -0.25) is 0 Å². The molecule has 0 spiro atoms. The zero-order valence-electron chi connectivity index (χ0n) is 15.8. The molecule has 1 rings (SSSR count). The maximum Gasteiger partial charge on any atom is 0.0128 e. The Balaban J connectivity index is 2.45. The van der Waals surface area contributed by atoms with Crippen molar-refractivity contribution in [1.29, 1.82) is 0 Å². The van der Waals surface area contributed by atoms with Gasteiger partial charge < -0.3 is 10.2 Å². The summed E-state index contributed by atoms with van der Waals surface area (Å²) >= 11 is 0. The van der Waals surface area contributed by atoms with Gasteiger partial charge in [-0.05, 0) is 68.6 Å². The Morgan fingerprint density at radius 2 is 1.71 bits per heavy atom. The van der Waals surface area contributed by atoms with Crippen LogP contribution in [0.1, 0.15) is 74.1 Å². The minimum absolute atomic E-state index is 0.357. The van der Waals surface area contributed by atoms with E-state index in [2.05, 4.69) is 58.7 Å². The van der Waals surface area contributed by atoms with E-state index in [1.165, 1.54) is 45.3 Å². The largest absolute Gasteiger partial charge is 0.314 e. The highest BCUT2D eigenvalue weighted by molar-refractivity contribution is 4.83. The molecule has 2 heteroatoms. The summed E-state index contributed by atoms with van der Waals surface area (Å²) in [6.45, 7) is 21.5. The van der Waals surface area contributed by atoms with Crippen LogP contribution < -0.4 is 5.32 Å². The molecule has 0 aromatic carbocycles. The van der Waals surface area contributed by atoms with Crippen LogP contribution in [0.3, 0.4) is 0 Å². The molecule has 2 nitrogen and oxygen atoms in total. The van der Waals surface area contributed by atoms with Crippen molar-refractivity contribution >= 4 is 0 Å². The molecule has 0 radical (unpaired) electrons. The predicted octanol–water partition coefficient (Wildman–Crippen LogP) is 4.55. The number of nitrogens with one attached hydrogen (secondary N) is 1. The Bertz CT molecular complexity index is 285. The van der Waals surface area contributed by atoms with Crippen molar-refractivity contribution in [3.05, 3.63) is 0 Å². The van der Waals surface area contributed by atoms with Crippen molar-refractivity contribution in [3.8, 4) is 0 Å². The third-order valence-electron chi connectivity index (χ3n) is 5.28. The summed E-state index contributed by atoms with van der Waals surface area (Å²) in [4.78, 5) is 2.71. The van der Waals surface area contributed by atoms with Crippen molar-refractivity contribution in [2.75, 3.05) is 26.2 Å². The molecule has 2 unspecified atom stereocenters. The maximum absolute atomic E-state index is 3.68. The molecule has 1 N–H and O–H groups in total. The third kappa shape index (κ3) is 6.69. The Hall–Kier alpha value is -0.0800. The average molecular weight is 297 g/mol. The van der Waals surface area contributed by atoms with Gasteiger partial charge in [0.1, 0.15) is 0 Å². The van der Waals surface area contributed by atoms with Gasteiger partial charge in [-0.1, -0.05) is 48.5 Å². The summed E-state index contributed by atoms with van der Waals surface area (Å²) in [7, 11) is 0. The SMILES string of the molecule is CCNC(CCN1CCCC(C(C)(C)C)CC1)C(C)(C)C. The van der Waals surface area contributed by atoms with Crippen LogP contribution in [0.15, 0.2) is 0 Å². The van der Waals surface area contributed by atoms with E-state index in [9.17, 15) is 0 Å². The first-order valence-corrected chi connectivity index (χ1v) is 9.10. The summed E-state index contributed by atoms with van der Waals surface area (Å²) in [5, 5.41) is 3.68. The summed E-state index contributed by atoms with van der Waals surface area (Å²) < 4.78 is 0. The lowest BCUT2D eigenvalue weighted by Gasteiger charge is -2.33. The summed E-state index contributed by atoms with van der Waals surface area (Å²) in [5.74, 6) is 0.898. The van der Waals surface area contributed by atoms with E-state index in [1.54, 1.807) is 0 Å². The van der Waals surface area contributed by atoms with Crippen molar-refractivity contribution < 1.29 is 0 Å². The lowest BCUT2D eigenvalue weighted by molar-refractivity contribution is 0.193. The fourth-order valence-corrected chi connectivity index (χ4v) is 3.64. The van der Waals surface area contributed by atoms with Crippen LogP contribution in [0.25, 0.3) is 0 Å². The van der Waals surface area contributed by atoms with Crippen LogP contribution in [-0.2, 0) is 0 Å². The molecule has 21 heavy (non-hydrogen) atoms. The summed E-state index contributed by atoms with van der Waals surface area (Å²) in [6.07, 6.45) is 5.45. The van der Waals surface area contributed by atoms with Gasteiger partial charge in [0.25, 0.3) is 0 Å². The zero-order chi connectivity index (χ0) is 16.1. The van der Waals surface area contributed by atoms with Crippen LogP contribution >= 0.6 is 0 Å². The maximum atomic E-state index is 3.68. The van der Waals surface area contributed by atoms with Crippen LogP contribution in [0, 0.1) is 16.7 Å². The Kier molecular flexibility index (Phi) is 7.19. The molecular weight excluding hydrogens is 256 g/mol. The van der Waals surface area contributed by atoms with Crippen LogP contribution in [0.5, 0.6) is 0 Å². The van der Waals surface area contributed by atoms with E-state index < -0.39 is 0 Å². The molecule has 1 heterocycles. The highest BCUT2D eigenvalue weighted by Crippen LogP contribution is 2.34. The standard InChI is InChI=1S/C19H40N2/c1-8-20-17(19(5,6)7)12-15-21-13-9-10-16(11-14-21)18(2,3)4/h16-17,20H,8-15H2,1-7H3. The second-order valence-corrected chi connectivity index (χ2v) is 9.10. The van der Waals surface area contributed by atoms with Gasteiger partial charge in [0.05, 0.1) is 0 Å². The van der Waals surface area contributed by atoms with E-state index in [0.29, 0.717) is 16.9 Å². The predicted molar refractivity (Wildman–Crippen MR) is 94.8 cm³/mol. The molecule has 1 aliphatic heterocycles. The zero-order valence-corrected chi connectivity index (χ0v) is 15.8. The normalized spacial score (nSPS) is 23.9. The van der Waals surface area contributed by atoms with Crippen molar-refractivity contribution in [1.82, 2.24) is 10.2 Å². The molecule has 0 aliphatic carbocycles. The molecule has 0 amide bonds. The van der Waals surface area contributed by atoms with Crippen molar-refractivity contribution in [2.45, 2.75) is 80.2 Å². The number of hydrogen-bond acceptors (Lipinski definition) is 2. The molecule has 2 atom stereocenters. The van der Waals surface area contributed by atoms with Gasteiger partial charge in [-0.15, -0.1) is 0 Å². The van der Waals surface area contributed by atoms with Crippen molar-refractivity contribution in [2.24, 2.45) is 16.7 Å². The quantitative estimate of drug-likeness (QED) is 0.800. The van der Waals surface area contributed by atoms with E-state index in [0.717, 1.165) is 12.5 Å². The highest BCUT2D eigenvalue weighted by atomic mass is 15.1. The van der Waals surface area contributed by atoms with Crippen LogP contribution in [0.4, 0.5) is 0 Å². The first kappa shape index (κ1) is 19.0. The van der Waals surface area contributed by atoms with E-state index in [-0.39, 0.29) is 0 Å². The second kappa shape index (κ2) is 7.97. The first-order valence-electron chi connectivity index (χ1n) is 9.10. The van der Waals surface area contributed by atoms with Gasteiger partial charge in [-0.25, -0.2) is 0 Å². The smallest absolute Gasteiger partial charge is 0.0128 e.